The quantitative estimate of drug-likeness (QED) is 0.904. The molecule has 0 bridgehead atoms. The maximum atomic E-state index is 12.4. The molecule has 5 heteroatoms. The minimum atomic E-state index is -0.242. The molecule has 19 heavy (non-hydrogen) atoms. The summed E-state index contributed by atoms with van der Waals surface area (Å²) in [6.45, 7) is 4.96. The zero-order valence-corrected chi connectivity index (χ0v) is 12.6. The molecule has 1 aromatic rings. The van der Waals surface area contributed by atoms with Gasteiger partial charge in [0, 0.05) is 17.6 Å². The van der Waals surface area contributed by atoms with E-state index in [1.54, 1.807) is 17.0 Å². The highest BCUT2D eigenvalue weighted by molar-refractivity contribution is 9.10. The van der Waals surface area contributed by atoms with Gasteiger partial charge in [-0.15, -0.1) is 0 Å². The van der Waals surface area contributed by atoms with Crippen LogP contribution in [0.3, 0.4) is 0 Å². The predicted molar refractivity (Wildman–Crippen MR) is 76.8 cm³/mol. The zero-order valence-electron chi connectivity index (χ0n) is 11.1. The van der Waals surface area contributed by atoms with Gasteiger partial charge in [0.25, 0.3) is 5.91 Å². The third-order valence-electron chi connectivity index (χ3n) is 2.56. The fourth-order valence-corrected chi connectivity index (χ4v) is 2.11. The number of amides is 1. The van der Waals surface area contributed by atoms with Gasteiger partial charge in [-0.2, -0.15) is 5.26 Å². The first-order valence-electron chi connectivity index (χ1n) is 6.10. The number of carbonyl (C=O) groups is 1. The lowest BCUT2D eigenvalue weighted by molar-refractivity contribution is 0.0737. The van der Waals surface area contributed by atoms with Crippen LogP contribution in [0.2, 0.25) is 0 Å². The van der Waals surface area contributed by atoms with E-state index in [9.17, 15) is 9.90 Å². The van der Waals surface area contributed by atoms with Crippen LogP contribution in [-0.4, -0.2) is 29.0 Å². The highest BCUT2D eigenvalue weighted by atomic mass is 79.9. The molecule has 0 aromatic heterocycles. The molecule has 1 rings (SSSR count). The first-order chi connectivity index (χ1) is 8.95. The summed E-state index contributed by atoms with van der Waals surface area (Å²) in [4.78, 5) is 14.0. The molecule has 0 aliphatic carbocycles. The van der Waals surface area contributed by atoms with Gasteiger partial charge in [-0.05, 0) is 24.1 Å². The Bertz CT molecular complexity index is 495. The van der Waals surface area contributed by atoms with Crippen molar-refractivity contribution in [2.24, 2.45) is 5.92 Å². The average molecular weight is 325 g/mol. The van der Waals surface area contributed by atoms with E-state index >= 15 is 0 Å². The fourth-order valence-electron chi connectivity index (χ4n) is 1.76. The SMILES string of the molecule is CC(C)CN(CCC#N)C(=O)c1ccc(Br)cc1O. The lowest BCUT2D eigenvalue weighted by atomic mass is 10.1. The molecule has 0 fully saturated rings. The van der Waals surface area contributed by atoms with Crippen molar-refractivity contribution in [3.63, 3.8) is 0 Å². The van der Waals surface area contributed by atoms with Crippen molar-refractivity contribution in [3.05, 3.63) is 28.2 Å². The molecule has 1 amide bonds. The van der Waals surface area contributed by atoms with E-state index in [2.05, 4.69) is 15.9 Å². The van der Waals surface area contributed by atoms with Gasteiger partial charge in [-0.3, -0.25) is 4.79 Å². The van der Waals surface area contributed by atoms with Crippen LogP contribution in [0.4, 0.5) is 0 Å². The molecule has 0 heterocycles. The Morgan fingerprint density at radius 1 is 1.53 bits per heavy atom. The summed E-state index contributed by atoms with van der Waals surface area (Å²) in [6.07, 6.45) is 0.287. The highest BCUT2D eigenvalue weighted by Gasteiger charge is 2.19. The maximum absolute atomic E-state index is 12.4. The van der Waals surface area contributed by atoms with Crippen LogP contribution in [0.25, 0.3) is 0 Å². The molecule has 0 spiro atoms. The summed E-state index contributed by atoms with van der Waals surface area (Å²) in [5, 5.41) is 18.5. The molecular formula is C14H17BrN2O2. The molecule has 0 atom stereocenters. The number of halogens is 1. The number of phenolic OH excluding ortho intramolecular Hbond substituents is 1. The summed E-state index contributed by atoms with van der Waals surface area (Å²) in [6, 6.07) is 6.83. The maximum Gasteiger partial charge on any atom is 0.257 e. The van der Waals surface area contributed by atoms with Crippen LogP contribution in [-0.2, 0) is 0 Å². The van der Waals surface area contributed by atoms with Gasteiger partial charge in [-0.1, -0.05) is 29.8 Å². The number of carbonyl (C=O) groups excluding carboxylic acids is 1. The molecule has 0 aliphatic rings. The largest absolute Gasteiger partial charge is 0.507 e. The van der Waals surface area contributed by atoms with Crippen LogP contribution in [0, 0.1) is 17.2 Å². The molecule has 0 aliphatic heterocycles. The number of aromatic hydroxyl groups is 1. The summed E-state index contributed by atoms with van der Waals surface area (Å²) in [5.41, 5.74) is 0.266. The van der Waals surface area contributed by atoms with Gasteiger partial charge in [-0.25, -0.2) is 0 Å². The molecule has 102 valence electrons. The van der Waals surface area contributed by atoms with Crippen LogP contribution < -0.4 is 0 Å². The fraction of sp³-hybridized carbons (Fsp3) is 0.429. The van der Waals surface area contributed by atoms with Gasteiger partial charge in [0.2, 0.25) is 0 Å². The monoisotopic (exact) mass is 324 g/mol. The first kappa shape index (κ1) is 15.5. The Kier molecular flexibility index (Phi) is 5.84. The number of rotatable bonds is 5. The molecule has 4 nitrogen and oxygen atoms in total. The smallest absolute Gasteiger partial charge is 0.257 e. The second-order valence-electron chi connectivity index (χ2n) is 4.71. The lowest BCUT2D eigenvalue weighted by Gasteiger charge is -2.24. The summed E-state index contributed by atoms with van der Waals surface area (Å²) in [7, 11) is 0. The molecule has 0 unspecified atom stereocenters. The van der Waals surface area contributed by atoms with Crippen molar-refractivity contribution in [2.75, 3.05) is 13.1 Å². The molecule has 0 saturated heterocycles. The van der Waals surface area contributed by atoms with Crippen LogP contribution >= 0.6 is 15.9 Å². The number of nitrogens with zero attached hydrogens (tertiary/aromatic N) is 2. The second-order valence-corrected chi connectivity index (χ2v) is 5.63. The highest BCUT2D eigenvalue weighted by Crippen LogP contribution is 2.24. The van der Waals surface area contributed by atoms with Crippen molar-refractivity contribution in [1.29, 1.82) is 5.26 Å². The van der Waals surface area contributed by atoms with Crippen molar-refractivity contribution in [2.45, 2.75) is 20.3 Å². The lowest BCUT2D eigenvalue weighted by Crippen LogP contribution is -2.35. The Morgan fingerprint density at radius 2 is 2.21 bits per heavy atom. The molecule has 1 N–H and O–H groups in total. The topological polar surface area (TPSA) is 64.3 Å². The molecular weight excluding hydrogens is 308 g/mol. The number of hydrogen-bond donors (Lipinski definition) is 1. The Morgan fingerprint density at radius 3 is 2.74 bits per heavy atom. The van der Waals surface area contributed by atoms with E-state index in [4.69, 9.17) is 5.26 Å². The summed E-state index contributed by atoms with van der Waals surface area (Å²) >= 11 is 3.24. The third kappa shape index (κ3) is 4.56. The molecule has 1 aromatic carbocycles. The van der Waals surface area contributed by atoms with Crippen molar-refractivity contribution < 1.29 is 9.90 Å². The van der Waals surface area contributed by atoms with Crippen LogP contribution in [0.5, 0.6) is 5.75 Å². The minimum Gasteiger partial charge on any atom is -0.507 e. The van der Waals surface area contributed by atoms with E-state index in [1.807, 2.05) is 19.9 Å². The molecule has 0 saturated carbocycles. The predicted octanol–water partition coefficient (Wildman–Crippen LogP) is 3.17. The standard InChI is InChI=1S/C14H17BrN2O2/c1-10(2)9-17(7-3-6-16)14(19)12-5-4-11(15)8-13(12)18/h4-5,8,10,18H,3,7,9H2,1-2H3. The Hall–Kier alpha value is -1.54. The number of hydrogen-bond acceptors (Lipinski definition) is 3. The minimum absolute atomic E-state index is 0.0508. The van der Waals surface area contributed by atoms with Crippen molar-refractivity contribution in [3.8, 4) is 11.8 Å². The third-order valence-corrected chi connectivity index (χ3v) is 3.05. The number of benzene rings is 1. The van der Waals surface area contributed by atoms with E-state index in [0.29, 0.717) is 23.5 Å². The van der Waals surface area contributed by atoms with Crippen LogP contribution in [0.15, 0.2) is 22.7 Å². The van der Waals surface area contributed by atoms with Gasteiger partial charge >= 0.3 is 0 Å². The van der Waals surface area contributed by atoms with Gasteiger partial charge in [0.15, 0.2) is 0 Å². The first-order valence-corrected chi connectivity index (χ1v) is 6.89. The average Bonchev–Trinajstić information content (AvgIpc) is 2.33. The van der Waals surface area contributed by atoms with Crippen LogP contribution in [0.1, 0.15) is 30.6 Å². The van der Waals surface area contributed by atoms with E-state index < -0.39 is 0 Å². The Balaban J connectivity index is 2.94. The van der Waals surface area contributed by atoms with Gasteiger partial charge in [0.1, 0.15) is 5.75 Å². The van der Waals surface area contributed by atoms with Crippen molar-refractivity contribution >= 4 is 21.8 Å². The normalized spacial score (nSPS) is 10.3. The van der Waals surface area contributed by atoms with Gasteiger partial charge in [0.05, 0.1) is 18.1 Å². The summed E-state index contributed by atoms with van der Waals surface area (Å²) in [5.74, 6) is 0.0132. The van der Waals surface area contributed by atoms with E-state index in [1.165, 1.54) is 6.07 Å². The van der Waals surface area contributed by atoms with E-state index in [0.717, 1.165) is 0 Å². The number of nitriles is 1. The van der Waals surface area contributed by atoms with E-state index in [-0.39, 0.29) is 23.6 Å². The summed E-state index contributed by atoms with van der Waals surface area (Å²) < 4.78 is 0.717. The number of phenols is 1. The zero-order chi connectivity index (χ0) is 14.4. The second kappa shape index (κ2) is 7.15. The van der Waals surface area contributed by atoms with Gasteiger partial charge < -0.3 is 10.0 Å². The Labute approximate surface area is 121 Å². The molecule has 0 radical (unpaired) electrons. The van der Waals surface area contributed by atoms with Crippen molar-refractivity contribution in [1.82, 2.24) is 4.90 Å².